The number of nitrogens with one attached hydrogen (secondary N) is 1. The number of anilines is 1. The third-order valence-corrected chi connectivity index (χ3v) is 5.83. The lowest BCUT2D eigenvalue weighted by Gasteiger charge is -2.16. The number of thioether (sulfide) groups is 1. The van der Waals surface area contributed by atoms with E-state index < -0.39 is 6.10 Å². The smallest absolute Gasteiger partial charge is 0.236 e. The minimum Gasteiger partial charge on any atom is -0.481 e. The van der Waals surface area contributed by atoms with E-state index in [-0.39, 0.29) is 11.7 Å². The summed E-state index contributed by atoms with van der Waals surface area (Å²) in [5, 5.41) is 15.1. The molecule has 3 rings (SSSR count). The Kier molecular flexibility index (Phi) is 7.54. The monoisotopic (exact) mass is 469 g/mol. The van der Waals surface area contributed by atoms with Crippen molar-refractivity contribution in [3.8, 4) is 5.75 Å². The van der Waals surface area contributed by atoms with Crippen molar-refractivity contribution in [2.45, 2.75) is 24.7 Å². The van der Waals surface area contributed by atoms with Crippen LogP contribution in [-0.2, 0) is 11.3 Å². The van der Waals surface area contributed by atoms with Crippen LogP contribution < -0.4 is 10.1 Å². The Morgan fingerprint density at radius 1 is 1.45 bits per heavy atom. The lowest BCUT2D eigenvalue weighted by Crippen LogP contribution is -2.15. The molecule has 1 N–H and O–H groups in total. The summed E-state index contributed by atoms with van der Waals surface area (Å²) in [6, 6.07) is 5.00. The van der Waals surface area contributed by atoms with Gasteiger partial charge in [-0.25, -0.2) is 4.98 Å². The van der Waals surface area contributed by atoms with E-state index >= 15 is 0 Å². The molecule has 0 saturated heterocycles. The number of ether oxygens (including phenoxy) is 1. The Balaban J connectivity index is 1.71. The first-order valence-electron chi connectivity index (χ1n) is 8.45. The first-order valence-corrected chi connectivity index (χ1v) is 11.1. The summed E-state index contributed by atoms with van der Waals surface area (Å²) >= 11 is 14.8. The summed E-state index contributed by atoms with van der Waals surface area (Å²) in [6.07, 6.45) is 2.91. The van der Waals surface area contributed by atoms with E-state index in [4.69, 9.17) is 27.9 Å². The number of halogens is 2. The van der Waals surface area contributed by atoms with Crippen molar-refractivity contribution in [3.05, 3.63) is 58.3 Å². The van der Waals surface area contributed by atoms with Gasteiger partial charge in [0.05, 0.1) is 10.8 Å². The molecule has 0 aliphatic rings. The largest absolute Gasteiger partial charge is 0.481 e. The van der Waals surface area contributed by atoms with Gasteiger partial charge in [-0.3, -0.25) is 9.36 Å². The molecule has 1 unspecified atom stereocenters. The first-order chi connectivity index (χ1) is 14.0. The number of aromatic nitrogens is 4. The van der Waals surface area contributed by atoms with E-state index in [0.29, 0.717) is 38.5 Å². The van der Waals surface area contributed by atoms with E-state index in [1.807, 2.05) is 11.5 Å². The van der Waals surface area contributed by atoms with Crippen LogP contribution in [0.4, 0.5) is 5.13 Å². The summed E-state index contributed by atoms with van der Waals surface area (Å²) in [5.41, 5.74) is 0. The molecular weight excluding hydrogens is 453 g/mol. The highest BCUT2D eigenvalue weighted by molar-refractivity contribution is 7.99. The SMILES string of the molecule is C=CCn1c(SCC(=O)Nc2nccs2)nnc1C(C)Oc1cc(Cl)ccc1Cl. The van der Waals surface area contributed by atoms with Crippen molar-refractivity contribution >= 4 is 57.3 Å². The van der Waals surface area contributed by atoms with Crippen LogP contribution >= 0.6 is 46.3 Å². The second-order valence-electron chi connectivity index (χ2n) is 5.75. The van der Waals surface area contributed by atoms with Crippen LogP contribution in [0.2, 0.25) is 10.0 Å². The van der Waals surface area contributed by atoms with Gasteiger partial charge in [-0.1, -0.05) is 41.0 Å². The fourth-order valence-electron chi connectivity index (χ4n) is 2.39. The minimum absolute atomic E-state index is 0.171. The Bertz CT molecular complexity index is 994. The number of thiazole rings is 1. The molecule has 0 spiro atoms. The van der Waals surface area contributed by atoms with E-state index in [2.05, 4.69) is 27.1 Å². The summed E-state index contributed by atoms with van der Waals surface area (Å²) in [4.78, 5) is 16.1. The molecule has 2 aromatic heterocycles. The van der Waals surface area contributed by atoms with Gasteiger partial charge in [-0.2, -0.15) is 0 Å². The van der Waals surface area contributed by atoms with Crippen molar-refractivity contribution < 1.29 is 9.53 Å². The van der Waals surface area contributed by atoms with Crippen molar-refractivity contribution in [1.29, 1.82) is 0 Å². The summed E-state index contributed by atoms with van der Waals surface area (Å²) < 4.78 is 7.78. The number of hydrogen-bond acceptors (Lipinski definition) is 7. The van der Waals surface area contributed by atoms with E-state index in [1.54, 1.807) is 35.9 Å². The molecule has 152 valence electrons. The second-order valence-corrected chi connectivity index (χ2v) is 8.43. The summed E-state index contributed by atoms with van der Waals surface area (Å²) in [7, 11) is 0. The van der Waals surface area contributed by atoms with Crippen molar-refractivity contribution in [1.82, 2.24) is 19.7 Å². The van der Waals surface area contributed by atoms with Gasteiger partial charge in [0.25, 0.3) is 0 Å². The number of nitrogens with zero attached hydrogens (tertiary/aromatic N) is 4. The van der Waals surface area contributed by atoms with Gasteiger partial charge in [0.1, 0.15) is 5.75 Å². The number of carbonyl (C=O) groups excluding carboxylic acids is 1. The number of hydrogen-bond donors (Lipinski definition) is 1. The topological polar surface area (TPSA) is 81.9 Å². The lowest BCUT2D eigenvalue weighted by molar-refractivity contribution is -0.113. The molecule has 1 aromatic carbocycles. The number of benzene rings is 1. The van der Waals surface area contributed by atoms with Gasteiger partial charge < -0.3 is 10.1 Å². The van der Waals surface area contributed by atoms with Crippen LogP contribution in [0.15, 0.2) is 47.6 Å². The predicted octanol–water partition coefficient (Wildman–Crippen LogP) is 5.10. The average molecular weight is 470 g/mol. The maximum Gasteiger partial charge on any atom is 0.236 e. The van der Waals surface area contributed by atoms with Gasteiger partial charge in [0.2, 0.25) is 5.91 Å². The van der Waals surface area contributed by atoms with Crippen LogP contribution in [0.5, 0.6) is 5.75 Å². The van der Waals surface area contributed by atoms with Gasteiger partial charge >= 0.3 is 0 Å². The average Bonchev–Trinajstić information content (AvgIpc) is 3.33. The van der Waals surface area contributed by atoms with Crippen molar-refractivity contribution in [2.75, 3.05) is 11.1 Å². The van der Waals surface area contributed by atoms with Crippen LogP contribution in [0.3, 0.4) is 0 Å². The molecule has 0 aliphatic carbocycles. The third kappa shape index (κ3) is 5.72. The van der Waals surface area contributed by atoms with E-state index in [1.165, 1.54) is 23.1 Å². The maximum atomic E-state index is 12.1. The zero-order chi connectivity index (χ0) is 20.8. The van der Waals surface area contributed by atoms with Gasteiger partial charge in [-0.05, 0) is 19.1 Å². The molecule has 0 fully saturated rings. The van der Waals surface area contributed by atoms with Crippen molar-refractivity contribution in [3.63, 3.8) is 0 Å². The maximum absolute atomic E-state index is 12.1. The molecule has 29 heavy (non-hydrogen) atoms. The first kappa shape index (κ1) is 21.6. The van der Waals surface area contributed by atoms with Gasteiger partial charge in [0.15, 0.2) is 22.2 Å². The quantitative estimate of drug-likeness (QED) is 0.346. The highest BCUT2D eigenvalue weighted by Gasteiger charge is 2.20. The Labute approximate surface area is 186 Å². The second kappa shape index (κ2) is 10.1. The van der Waals surface area contributed by atoms with Crippen LogP contribution in [0.1, 0.15) is 18.9 Å². The Morgan fingerprint density at radius 2 is 2.28 bits per heavy atom. The Morgan fingerprint density at radius 3 is 3.00 bits per heavy atom. The molecule has 0 bridgehead atoms. The highest BCUT2D eigenvalue weighted by atomic mass is 35.5. The molecule has 0 saturated carbocycles. The molecular formula is C18H17Cl2N5O2S2. The molecule has 7 nitrogen and oxygen atoms in total. The summed E-state index contributed by atoms with van der Waals surface area (Å²) in [5.74, 6) is 1.04. The molecule has 0 aliphatic heterocycles. The zero-order valence-corrected chi connectivity index (χ0v) is 18.5. The van der Waals surface area contributed by atoms with Gasteiger partial charge in [0, 0.05) is 29.2 Å². The molecule has 1 amide bonds. The normalized spacial score (nSPS) is 11.8. The zero-order valence-electron chi connectivity index (χ0n) is 15.3. The van der Waals surface area contributed by atoms with Crippen LogP contribution in [0, 0.1) is 0 Å². The fourth-order valence-corrected chi connectivity index (χ4v) is 4.01. The summed E-state index contributed by atoms with van der Waals surface area (Å²) in [6.45, 7) is 6.09. The molecule has 2 heterocycles. The Hall–Kier alpha value is -2.07. The van der Waals surface area contributed by atoms with Gasteiger partial charge in [-0.15, -0.1) is 28.1 Å². The molecule has 1 atom stereocenters. The lowest BCUT2D eigenvalue weighted by atomic mass is 10.3. The molecule has 0 radical (unpaired) electrons. The number of allylic oxidation sites excluding steroid dienone is 1. The van der Waals surface area contributed by atoms with Crippen LogP contribution in [0.25, 0.3) is 0 Å². The van der Waals surface area contributed by atoms with Crippen molar-refractivity contribution in [2.24, 2.45) is 0 Å². The number of rotatable bonds is 9. The number of amides is 1. The standard InChI is InChI=1S/C18H17Cl2N5O2S2/c1-3-7-25-16(11(2)27-14-9-12(19)4-5-13(14)20)23-24-18(25)29-10-15(26)22-17-21-6-8-28-17/h3-6,8-9,11H,1,7,10H2,2H3,(H,21,22,26). The molecule has 11 heteroatoms. The fraction of sp³-hybridized carbons (Fsp3) is 0.222. The highest BCUT2D eigenvalue weighted by Crippen LogP contribution is 2.32. The predicted molar refractivity (Wildman–Crippen MR) is 117 cm³/mol. The van der Waals surface area contributed by atoms with E-state index in [0.717, 1.165) is 0 Å². The third-order valence-electron chi connectivity index (χ3n) is 3.63. The molecule has 3 aromatic rings. The minimum atomic E-state index is -0.447. The van der Waals surface area contributed by atoms with Crippen LogP contribution in [-0.4, -0.2) is 31.4 Å². The number of carbonyl (C=O) groups is 1. The van der Waals surface area contributed by atoms with E-state index in [9.17, 15) is 4.79 Å².